The maximum atomic E-state index is 13.8. The Kier molecular flexibility index (Phi) is 4.53. The van der Waals surface area contributed by atoms with E-state index in [0.717, 1.165) is 19.3 Å². The van der Waals surface area contributed by atoms with E-state index in [2.05, 4.69) is 20.2 Å². The first-order valence-electron chi connectivity index (χ1n) is 8.82. The largest absolute Gasteiger partial charge is 0.368 e. The normalized spacial score (nSPS) is 17.1. The van der Waals surface area contributed by atoms with Crippen molar-refractivity contribution in [2.45, 2.75) is 25.3 Å². The lowest BCUT2D eigenvalue weighted by Gasteiger charge is -2.36. The number of hydrogen-bond acceptors (Lipinski definition) is 5. The molecule has 2 aromatic heterocycles. The zero-order valence-electron chi connectivity index (χ0n) is 14.6. The Hall–Kier alpha value is -3.29. The van der Waals surface area contributed by atoms with Crippen molar-refractivity contribution in [3.05, 3.63) is 59.9 Å². The summed E-state index contributed by atoms with van der Waals surface area (Å²) in [5, 5.41) is 6.59. The summed E-state index contributed by atoms with van der Waals surface area (Å²) in [7, 11) is 0. The van der Waals surface area contributed by atoms with E-state index < -0.39 is 0 Å². The Morgan fingerprint density at radius 3 is 2.96 bits per heavy atom. The number of carbonyl (C=O) groups excluding carboxylic acids is 1. The van der Waals surface area contributed by atoms with Crippen LogP contribution < -0.4 is 5.73 Å². The summed E-state index contributed by atoms with van der Waals surface area (Å²) in [6.45, 7) is 0.606. The smallest absolute Gasteiger partial charge is 0.272 e. The summed E-state index contributed by atoms with van der Waals surface area (Å²) in [5.74, 6) is -0.353. The predicted molar refractivity (Wildman–Crippen MR) is 98.1 cm³/mol. The Labute approximate surface area is 155 Å². The number of nitrogens with two attached hydrogens (primary N) is 1. The molecule has 8 heteroatoms. The molecule has 1 atom stereocenters. The van der Waals surface area contributed by atoms with E-state index in [1.54, 1.807) is 35.5 Å². The van der Waals surface area contributed by atoms with Crippen LogP contribution in [0.2, 0.25) is 0 Å². The number of aromatic nitrogens is 4. The molecule has 0 bridgehead atoms. The third-order valence-electron chi connectivity index (χ3n) is 4.78. The number of aromatic amines is 1. The van der Waals surface area contributed by atoms with Crippen LogP contribution in [0.5, 0.6) is 0 Å². The lowest BCUT2D eigenvalue weighted by atomic mass is 9.93. The molecule has 1 aliphatic rings. The van der Waals surface area contributed by atoms with Crippen molar-refractivity contribution in [2.24, 2.45) is 0 Å². The van der Waals surface area contributed by atoms with Gasteiger partial charge in [-0.25, -0.2) is 14.4 Å². The second-order valence-corrected chi connectivity index (χ2v) is 6.52. The fourth-order valence-electron chi connectivity index (χ4n) is 3.53. The van der Waals surface area contributed by atoms with Gasteiger partial charge in [0.15, 0.2) is 0 Å². The molecule has 1 aromatic carbocycles. The summed E-state index contributed by atoms with van der Waals surface area (Å²) in [6.07, 6.45) is 5.77. The van der Waals surface area contributed by atoms with Crippen LogP contribution in [-0.2, 0) is 0 Å². The molecule has 3 heterocycles. The monoisotopic (exact) mass is 366 g/mol. The maximum absolute atomic E-state index is 13.8. The van der Waals surface area contributed by atoms with E-state index in [0.29, 0.717) is 29.1 Å². The van der Waals surface area contributed by atoms with Gasteiger partial charge < -0.3 is 10.6 Å². The van der Waals surface area contributed by atoms with Crippen LogP contribution in [0.15, 0.2) is 42.7 Å². The van der Waals surface area contributed by atoms with Crippen molar-refractivity contribution < 1.29 is 9.18 Å². The zero-order valence-corrected chi connectivity index (χ0v) is 14.6. The molecule has 0 unspecified atom stereocenters. The molecule has 1 saturated heterocycles. The number of piperidine rings is 1. The fraction of sp³-hybridized carbons (Fsp3) is 0.263. The van der Waals surface area contributed by atoms with Crippen molar-refractivity contribution in [3.63, 3.8) is 0 Å². The highest BCUT2D eigenvalue weighted by molar-refractivity contribution is 5.92. The summed E-state index contributed by atoms with van der Waals surface area (Å²) in [4.78, 5) is 23.3. The highest BCUT2D eigenvalue weighted by Gasteiger charge is 2.32. The quantitative estimate of drug-likeness (QED) is 0.742. The Morgan fingerprint density at radius 1 is 1.30 bits per heavy atom. The van der Waals surface area contributed by atoms with E-state index in [1.165, 1.54) is 12.1 Å². The van der Waals surface area contributed by atoms with Gasteiger partial charge in [-0.3, -0.25) is 9.89 Å². The summed E-state index contributed by atoms with van der Waals surface area (Å²) in [5.41, 5.74) is 8.24. The number of likely N-dealkylation sites (tertiary alicyclic amines) is 1. The molecule has 0 spiro atoms. The molecule has 3 N–H and O–H groups in total. The van der Waals surface area contributed by atoms with Crippen molar-refractivity contribution in [1.82, 2.24) is 25.1 Å². The molecule has 4 rings (SSSR count). The maximum Gasteiger partial charge on any atom is 0.272 e. The first kappa shape index (κ1) is 17.1. The van der Waals surface area contributed by atoms with Gasteiger partial charge in [0.25, 0.3) is 5.91 Å². The molecule has 1 amide bonds. The lowest BCUT2D eigenvalue weighted by Crippen LogP contribution is -2.39. The van der Waals surface area contributed by atoms with Crippen molar-refractivity contribution in [1.29, 1.82) is 0 Å². The van der Waals surface area contributed by atoms with Gasteiger partial charge in [0, 0.05) is 24.5 Å². The number of H-pyrrole nitrogens is 1. The van der Waals surface area contributed by atoms with Crippen molar-refractivity contribution in [3.8, 4) is 11.1 Å². The molecule has 1 aliphatic heterocycles. The minimum absolute atomic E-state index is 0.129. The lowest BCUT2D eigenvalue weighted by molar-refractivity contribution is 0.0600. The van der Waals surface area contributed by atoms with Crippen LogP contribution in [0.1, 0.15) is 41.5 Å². The number of nitrogens with zero attached hydrogens (tertiary/aromatic N) is 4. The summed E-state index contributed by atoms with van der Waals surface area (Å²) in [6, 6.07) is 7.64. The van der Waals surface area contributed by atoms with Crippen LogP contribution in [0, 0.1) is 5.82 Å². The minimum atomic E-state index is -0.343. The number of rotatable bonds is 3. The molecule has 27 heavy (non-hydrogen) atoms. The van der Waals surface area contributed by atoms with E-state index in [9.17, 15) is 9.18 Å². The van der Waals surface area contributed by atoms with Gasteiger partial charge in [0.2, 0.25) is 5.95 Å². The molecule has 0 aliphatic carbocycles. The fourth-order valence-corrected chi connectivity index (χ4v) is 3.53. The molecule has 0 saturated carbocycles. The Bertz CT molecular complexity index is 959. The molecule has 1 fully saturated rings. The number of halogens is 1. The van der Waals surface area contributed by atoms with Crippen LogP contribution in [-0.4, -0.2) is 37.5 Å². The first-order chi connectivity index (χ1) is 13.1. The Balaban J connectivity index is 1.78. The number of benzene rings is 1. The van der Waals surface area contributed by atoms with E-state index in [1.807, 2.05) is 0 Å². The van der Waals surface area contributed by atoms with Gasteiger partial charge in [-0.05, 0) is 43.0 Å². The van der Waals surface area contributed by atoms with E-state index in [4.69, 9.17) is 5.73 Å². The number of anilines is 1. The zero-order chi connectivity index (χ0) is 18.8. The predicted octanol–water partition coefficient (Wildman–Crippen LogP) is 2.96. The third kappa shape index (κ3) is 3.38. The highest BCUT2D eigenvalue weighted by atomic mass is 19.1. The molecule has 0 radical (unpaired) electrons. The Morgan fingerprint density at radius 2 is 2.19 bits per heavy atom. The standard InChI is InChI=1S/C19H19FN6O/c20-13-5-3-4-12(10-13)14-11-22-19(21)24-17(14)16-6-1-2-9-26(16)18(27)15-7-8-23-25-15/h3-5,7-8,10-11,16H,1-2,6,9H2,(H,23,25)(H2,21,22,24)/t16-/m0/s1. The van der Waals surface area contributed by atoms with Crippen molar-refractivity contribution >= 4 is 11.9 Å². The van der Waals surface area contributed by atoms with Gasteiger partial charge >= 0.3 is 0 Å². The van der Waals surface area contributed by atoms with Gasteiger partial charge in [-0.1, -0.05) is 12.1 Å². The first-order valence-corrected chi connectivity index (χ1v) is 8.82. The highest BCUT2D eigenvalue weighted by Crippen LogP contribution is 2.36. The van der Waals surface area contributed by atoms with Gasteiger partial charge in [0.05, 0.1) is 11.7 Å². The van der Waals surface area contributed by atoms with Crippen LogP contribution in [0.3, 0.4) is 0 Å². The third-order valence-corrected chi connectivity index (χ3v) is 4.78. The van der Waals surface area contributed by atoms with Gasteiger partial charge in [-0.15, -0.1) is 0 Å². The van der Waals surface area contributed by atoms with Crippen molar-refractivity contribution in [2.75, 3.05) is 12.3 Å². The average Bonchev–Trinajstić information content (AvgIpc) is 3.22. The minimum Gasteiger partial charge on any atom is -0.368 e. The van der Waals surface area contributed by atoms with Crippen LogP contribution >= 0.6 is 0 Å². The average molecular weight is 366 g/mol. The molecule has 7 nitrogen and oxygen atoms in total. The number of nitrogen functional groups attached to an aromatic ring is 1. The number of nitrogens with one attached hydrogen (secondary N) is 1. The van der Waals surface area contributed by atoms with E-state index in [-0.39, 0.29) is 23.7 Å². The van der Waals surface area contributed by atoms with Crippen LogP contribution in [0.4, 0.5) is 10.3 Å². The number of carbonyl (C=O) groups is 1. The topological polar surface area (TPSA) is 101 Å². The van der Waals surface area contributed by atoms with Crippen LogP contribution in [0.25, 0.3) is 11.1 Å². The molecular formula is C19H19FN6O. The number of hydrogen-bond donors (Lipinski definition) is 2. The summed E-state index contributed by atoms with van der Waals surface area (Å²) >= 11 is 0. The SMILES string of the molecule is Nc1ncc(-c2cccc(F)c2)c([C@@H]2CCCCN2C(=O)c2ccn[nH]2)n1. The number of amides is 1. The second kappa shape index (κ2) is 7.14. The second-order valence-electron chi connectivity index (χ2n) is 6.52. The van der Waals surface area contributed by atoms with Gasteiger partial charge in [0.1, 0.15) is 11.5 Å². The van der Waals surface area contributed by atoms with Gasteiger partial charge in [-0.2, -0.15) is 5.10 Å². The molecular weight excluding hydrogens is 347 g/mol. The molecule has 3 aromatic rings. The summed E-state index contributed by atoms with van der Waals surface area (Å²) < 4.78 is 13.8. The molecule has 138 valence electrons. The van der Waals surface area contributed by atoms with E-state index >= 15 is 0 Å².